The largest absolute Gasteiger partial charge is 0.387 e. The Morgan fingerprint density at radius 2 is 1.82 bits per heavy atom. The molecule has 34 heavy (non-hydrogen) atoms. The second-order valence-corrected chi connectivity index (χ2v) is 11.8. The minimum absolute atomic E-state index is 0.400. The predicted octanol–water partition coefficient (Wildman–Crippen LogP) is 0.840. The molecule has 2 aromatic heterocycles. The van der Waals surface area contributed by atoms with E-state index in [2.05, 4.69) is 15.3 Å². The van der Waals surface area contributed by atoms with Gasteiger partial charge in [0.25, 0.3) is 0 Å². The van der Waals surface area contributed by atoms with Gasteiger partial charge in [-0.25, -0.2) is 9.97 Å². The monoisotopic (exact) mass is 514 g/mol. The smallest absolute Gasteiger partial charge is 0.340 e. The summed E-state index contributed by atoms with van der Waals surface area (Å²) in [5, 5.41) is 24.1. The third kappa shape index (κ3) is 5.72. The Kier molecular flexibility index (Phi) is 7.20. The van der Waals surface area contributed by atoms with Gasteiger partial charge in [-0.15, -0.1) is 0 Å². The van der Waals surface area contributed by atoms with Crippen molar-refractivity contribution in [1.29, 1.82) is 0 Å². The van der Waals surface area contributed by atoms with E-state index in [-0.39, 0.29) is 0 Å². The molecule has 1 aliphatic rings. The quantitative estimate of drug-likeness (QED) is 0.221. The number of benzene rings is 1. The van der Waals surface area contributed by atoms with Crippen LogP contribution in [-0.2, 0) is 24.9 Å². The Morgan fingerprint density at radius 1 is 1.09 bits per heavy atom. The Bertz CT molecular complexity index is 1230. The van der Waals surface area contributed by atoms with Crippen molar-refractivity contribution in [2.45, 2.75) is 31.0 Å². The number of hydrogen-bond acceptors (Lipinski definition) is 9. The number of imidazole rings is 1. The molecule has 0 bridgehead atoms. The SMILES string of the molecule is O=P(O)(O)CP(=O)(O)OC[C@H]1O[C@@H](c2cnc3c(NCc4ccccc4)nccn23)[C@H](O)[C@@H]1O. The fourth-order valence-electron chi connectivity index (χ4n) is 3.65. The van der Waals surface area contributed by atoms with Crippen molar-refractivity contribution in [2.24, 2.45) is 0 Å². The van der Waals surface area contributed by atoms with Gasteiger partial charge in [0.05, 0.1) is 18.5 Å². The fourth-order valence-corrected chi connectivity index (χ4v) is 6.22. The van der Waals surface area contributed by atoms with Gasteiger partial charge in [-0.3, -0.25) is 13.5 Å². The summed E-state index contributed by atoms with van der Waals surface area (Å²) in [7, 11) is -9.44. The standard InChI is InChI=1S/C19H24N4O9P2/c24-15-14(10-31-34(29,30)11-33(26,27)28)32-17(16(15)25)13-9-22-19-18(20-6-7-23(13)19)21-8-12-4-2-1-3-5-12/h1-7,9,14-17,24-25H,8,10-11H2,(H,20,21)(H,29,30)(H2,26,27,28)/t14-,15-,16-,17+/m1/s1. The third-order valence-electron chi connectivity index (χ3n) is 5.22. The highest BCUT2D eigenvalue weighted by Gasteiger charge is 2.46. The van der Waals surface area contributed by atoms with Crippen molar-refractivity contribution in [3.05, 3.63) is 60.2 Å². The molecule has 5 atom stereocenters. The number of anilines is 1. The topological polar surface area (TPSA) is 196 Å². The molecule has 0 amide bonds. The van der Waals surface area contributed by atoms with Crippen LogP contribution in [0.3, 0.4) is 0 Å². The van der Waals surface area contributed by atoms with Crippen LogP contribution in [0.4, 0.5) is 5.82 Å². The van der Waals surface area contributed by atoms with Gasteiger partial charge in [-0.2, -0.15) is 0 Å². The minimum atomic E-state index is -4.80. The first-order valence-corrected chi connectivity index (χ1v) is 13.7. The molecule has 3 aromatic rings. The number of ether oxygens (including phenoxy) is 1. The molecule has 13 nitrogen and oxygen atoms in total. The molecule has 15 heteroatoms. The summed E-state index contributed by atoms with van der Waals surface area (Å²) in [5.41, 5.74) is 1.90. The first kappa shape index (κ1) is 24.9. The zero-order valence-electron chi connectivity index (χ0n) is 17.7. The number of rotatable bonds is 9. The number of aliphatic hydroxyl groups is 2. The molecule has 0 radical (unpaired) electrons. The van der Waals surface area contributed by atoms with Crippen LogP contribution in [0.15, 0.2) is 48.9 Å². The molecule has 1 unspecified atom stereocenters. The second kappa shape index (κ2) is 9.82. The fraction of sp³-hybridized carbons (Fsp3) is 0.368. The molecule has 1 saturated heterocycles. The van der Waals surface area contributed by atoms with Gasteiger partial charge in [-0.1, -0.05) is 30.3 Å². The van der Waals surface area contributed by atoms with Crippen molar-refractivity contribution in [2.75, 3.05) is 17.8 Å². The van der Waals surface area contributed by atoms with Crippen LogP contribution < -0.4 is 5.32 Å². The Morgan fingerprint density at radius 3 is 2.53 bits per heavy atom. The Hall–Kier alpha value is -2.18. The molecule has 1 fully saturated rings. The van der Waals surface area contributed by atoms with Gasteiger partial charge in [0.2, 0.25) is 0 Å². The average Bonchev–Trinajstić information content (AvgIpc) is 3.32. The van der Waals surface area contributed by atoms with Crippen molar-refractivity contribution >= 4 is 26.7 Å². The second-order valence-electron chi connectivity index (χ2n) is 7.81. The summed E-state index contributed by atoms with van der Waals surface area (Å²) >= 11 is 0. The van der Waals surface area contributed by atoms with E-state index in [4.69, 9.17) is 19.0 Å². The van der Waals surface area contributed by atoms with Crippen LogP contribution in [-0.4, -0.2) is 70.1 Å². The third-order valence-corrected chi connectivity index (χ3v) is 8.67. The van der Waals surface area contributed by atoms with Gasteiger partial charge < -0.3 is 39.5 Å². The van der Waals surface area contributed by atoms with E-state index < -0.39 is 52.1 Å². The van der Waals surface area contributed by atoms with E-state index in [9.17, 15) is 24.2 Å². The first-order valence-electron chi connectivity index (χ1n) is 10.2. The molecule has 1 aromatic carbocycles. The van der Waals surface area contributed by atoms with E-state index in [0.29, 0.717) is 23.7 Å². The maximum Gasteiger partial charge on any atom is 0.340 e. The first-order chi connectivity index (χ1) is 16.0. The summed E-state index contributed by atoms with van der Waals surface area (Å²) in [6.45, 7) is -0.156. The van der Waals surface area contributed by atoms with Crippen molar-refractivity contribution in [1.82, 2.24) is 14.4 Å². The Labute approximate surface area is 193 Å². The van der Waals surface area contributed by atoms with Crippen LogP contribution in [0.1, 0.15) is 17.4 Å². The highest BCUT2D eigenvalue weighted by Crippen LogP contribution is 2.55. The zero-order valence-corrected chi connectivity index (χ0v) is 19.4. The number of fused-ring (bicyclic) bond motifs is 1. The highest BCUT2D eigenvalue weighted by molar-refractivity contribution is 7.70. The number of aliphatic hydroxyl groups excluding tert-OH is 2. The van der Waals surface area contributed by atoms with Gasteiger partial charge in [-0.05, 0) is 5.56 Å². The molecule has 0 saturated carbocycles. The molecule has 0 aliphatic carbocycles. The van der Waals surface area contributed by atoms with Gasteiger partial charge >= 0.3 is 15.2 Å². The Balaban J connectivity index is 1.48. The summed E-state index contributed by atoms with van der Waals surface area (Å²) < 4.78 is 34.9. The van der Waals surface area contributed by atoms with E-state index in [1.165, 1.54) is 12.4 Å². The van der Waals surface area contributed by atoms with E-state index in [1.807, 2.05) is 30.3 Å². The number of nitrogens with zero attached hydrogens (tertiary/aromatic N) is 3. The van der Waals surface area contributed by atoms with Gasteiger partial charge in [0.1, 0.15) is 24.4 Å². The summed E-state index contributed by atoms with van der Waals surface area (Å²) in [5.74, 6) is -0.877. The molecular formula is C19H24N4O9P2. The molecule has 184 valence electrons. The van der Waals surface area contributed by atoms with Crippen LogP contribution in [0.25, 0.3) is 5.65 Å². The maximum absolute atomic E-state index is 11.9. The molecule has 0 spiro atoms. The van der Waals surface area contributed by atoms with Gasteiger partial charge in [0.15, 0.2) is 17.4 Å². The zero-order chi connectivity index (χ0) is 24.5. The van der Waals surface area contributed by atoms with Gasteiger partial charge in [0, 0.05) is 18.9 Å². The number of nitrogens with one attached hydrogen (secondary N) is 1. The summed E-state index contributed by atoms with van der Waals surface area (Å²) in [6.07, 6.45) is -0.569. The van der Waals surface area contributed by atoms with E-state index >= 15 is 0 Å². The van der Waals surface area contributed by atoms with Crippen molar-refractivity contribution in [3.63, 3.8) is 0 Å². The molecule has 4 rings (SSSR count). The van der Waals surface area contributed by atoms with E-state index in [0.717, 1.165) is 5.56 Å². The normalized spacial score (nSPS) is 24.9. The van der Waals surface area contributed by atoms with Crippen LogP contribution in [0.2, 0.25) is 0 Å². The summed E-state index contributed by atoms with van der Waals surface area (Å²) in [6, 6.07) is 9.68. The highest BCUT2D eigenvalue weighted by atomic mass is 31.2. The minimum Gasteiger partial charge on any atom is -0.387 e. The molecule has 6 N–H and O–H groups in total. The molecule has 3 heterocycles. The predicted molar refractivity (Wildman–Crippen MR) is 119 cm³/mol. The lowest BCUT2D eigenvalue weighted by Gasteiger charge is -2.18. The van der Waals surface area contributed by atoms with Crippen LogP contribution >= 0.6 is 15.2 Å². The number of aromatic nitrogens is 3. The lowest BCUT2D eigenvalue weighted by Crippen LogP contribution is -2.33. The lowest BCUT2D eigenvalue weighted by molar-refractivity contribution is -0.0201. The lowest BCUT2D eigenvalue weighted by atomic mass is 10.1. The maximum atomic E-state index is 11.9. The van der Waals surface area contributed by atoms with Crippen LogP contribution in [0, 0.1) is 0 Å². The van der Waals surface area contributed by atoms with Crippen molar-refractivity contribution < 1.29 is 43.3 Å². The van der Waals surface area contributed by atoms with Crippen molar-refractivity contribution in [3.8, 4) is 0 Å². The molecule has 1 aliphatic heterocycles. The van der Waals surface area contributed by atoms with E-state index in [1.54, 1.807) is 10.6 Å². The summed E-state index contributed by atoms with van der Waals surface area (Å²) in [4.78, 5) is 36.1. The average molecular weight is 514 g/mol. The van der Waals surface area contributed by atoms with Crippen LogP contribution in [0.5, 0.6) is 0 Å². The molecular weight excluding hydrogens is 490 g/mol. The number of hydrogen-bond donors (Lipinski definition) is 6.